The van der Waals surface area contributed by atoms with E-state index in [4.69, 9.17) is 4.74 Å². The fourth-order valence-electron chi connectivity index (χ4n) is 3.86. The largest absolute Gasteiger partial charge is 0.460 e. The first-order chi connectivity index (χ1) is 13.9. The summed E-state index contributed by atoms with van der Waals surface area (Å²) in [6.45, 7) is 3.31. The van der Waals surface area contributed by atoms with Crippen LogP contribution in [0.25, 0.3) is 11.3 Å². The molecule has 0 radical (unpaired) electrons. The number of aromatic nitrogens is 2. The van der Waals surface area contributed by atoms with E-state index in [0.29, 0.717) is 31.0 Å². The number of esters is 1. The first kappa shape index (κ1) is 19.2. The SMILES string of the molecule is CCOC(=O)c1nc(-c2cccc(C#C[C@]3(O)CCN(C)C3=O)c2)c2n1CCC2. The Kier molecular flexibility index (Phi) is 4.89. The highest BCUT2D eigenvalue weighted by molar-refractivity contribution is 5.90. The van der Waals surface area contributed by atoms with Crippen LogP contribution in [-0.4, -0.2) is 57.2 Å². The summed E-state index contributed by atoms with van der Waals surface area (Å²) in [6, 6.07) is 7.48. The van der Waals surface area contributed by atoms with Crippen molar-refractivity contribution in [3.63, 3.8) is 0 Å². The molecule has 29 heavy (non-hydrogen) atoms. The van der Waals surface area contributed by atoms with Crippen LogP contribution in [0.1, 0.15) is 41.6 Å². The highest BCUT2D eigenvalue weighted by Gasteiger charge is 2.42. The van der Waals surface area contributed by atoms with Gasteiger partial charge in [0.15, 0.2) is 0 Å². The van der Waals surface area contributed by atoms with E-state index >= 15 is 0 Å². The Morgan fingerprint density at radius 3 is 2.93 bits per heavy atom. The third-order valence-corrected chi connectivity index (χ3v) is 5.38. The van der Waals surface area contributed by atoms with Crippen molar-refractivity contribution in [3.8, 4) is 23.1 Å². The molecule has 1 fully saturated rings. The molecule has 1 amide bonds. The van der Waals surface area contributed by atoms with Crippen molar-refractivity contribution < 1.29 is 19.4 Å². The second kappa shape index (κ2) is 7.37. The van der Waals surface area contributed by atoms with E-state index < -0.39 is 11.6 Å². The predicted octanol–water partition coefficient (Wildman–Crippen LogP) is 1.62. The monoisotopic (exact) mass is 393 g/mol. The number of aliphatic hydroxyl groups is 1. The van der Waals surface area contributed by atoms with Crippen LogP contribution >= 0.6 is 0 Å². The third-order valence-electron chi connectivity index (χ3n) is 5.38. The second-order valence-corrected chi connectivity index (χ2v) is 7.37. The first-order valence-corrected chi connectivity index (χ1v) is 9.81. The van der Waals surface area contributed by atoms with E-state index in [1.165, 1.54) is 4.90 Å². The zero-order valence-electron chi connectivity index (χ0n) is 16.6. The lowest BCUT2D eigenvalue weighted by molar-refractivity contribution is -0.137. The minimum Gasteiger partial charge on any atom is -0.460 e. The van der Waals surface area contributed by atoms with Crippen LogP contribution in [0.4, 0.5) is 0 Å². The number of hydrogen-bond donors (Lipinski definition) is 1. The number of benzene rings is 1. The van der Waals surface area contributed by atoms with E-state index in [-0.39, 0.29) is 5.91 Å². The zero-order chi connectivity index (χ0) is 20.6. The Hall–Kier alpha value is -3.11. The van der Waals surface area contributed by atoms with Crippen LogP contribution in [0.15, 0.2) is 24.3 Å². The quantitative estimate of drug-likeness (QED) is 0.633. The molecule has 0 aliphatic carbocycles. The van der Waals surface area contributed by atoms with Crippen molar-refractivity contribution in [2.75, 3.05) is 20.2 Å². The van der Waals surface area contributed by atoms with Gasteiger partial charge in [0.1, 0.15) is 0 Å². The Balaban J connectivity index is 1.68. The summed E-state index contributed by atoms with van der Waals surface area (Å²) >= 11 is 0. The van der Waals surface area contributed by atoms with Gasteiger partial charge in [0.2, 0.25) is 11.4 Å². The molecule has 0 saturated carbocycles. The van der Waals surface area contributed by atoms with Gasteiger partial charge in [-0.2, -0.15) is 0 Å². The Bertz CT molecular complexity index is 1050. The maximum atomic E-state index is 12.3. The molecule has 1 aromatic heterocycles. The molecule has 0 bridgehead atoms. The number of rotatable bonds is 3. The van der Waals surface area contributed by atoms with E-state index in [1.54, 1.807) is 14.0 Å². The number of likely N-dealkylation sites (N-methyl/N-ethyl adjacent to an activating group) is 1. The number of imidazole rings is 1. The number of likely N-dealkylation sites (tertiary alicyclic amines) is 1. The van der Waals surface area contributed by atoms with E-state index in [1.807, 2.05) is 28.8 Å². The number of carbonyl (C=O) groups is 2. The van der Waals surface area contributed by atoms with Gasteiger partial charge in [-0.05, 0) is 31.9 Å². The Morgan fingerprint density at radius 1 is 1.38 bits per heavy atom. The average Bonchev–Trinajstić information content (AvgIpc) is 3.39. The van der Waals surface area contributed by atoms with Crippen LogP contribution in [0.5, 0.6) is 0 Å². The summed E-state index contributed by atoms with van der Waals surface area (Å²) in [7, 11) is 1.66. The summed E-state index contributed by atoms with van der Waals surface area (Å²) in [4.78, 5) is 30.4. The summed E-state index contributed by atoms with van der Waals surface area (Å²) in [5.41, 5.74) is 1.67. The van der Waals surface area contributed by atoms with Crippen molar-refractivity contribution in [1.82, 2.24) is 14.5 Å². The van der Waals surface area contributed by atoms with E-state index in [2.05, 4.69) is 16.8 Å². The van der Waals surface area contributed by atoms with Gasteiger partial charge in [-0.15, -0.1) is 0 Å². The fraction of sp³-hybridized carbons (Fsp3) is 0.409. The molecule has 4 rings (SSSR count). The van der Waals surface area contributed by atoms with Gasteiger partial charge in [0.05, 0.1) is 12.3 Å². The van der Waals surface area contributed by atoms with Crippen LogP contribution < -0.4 is 0 Å². The van der Waals surface area contributed by atoms with Gasteiger partial charge >= 0.3 is 5.97 Å². The Labute approximate surface area is 169 Å². The van der Waals surface area contributed by atoms with Crippen molar-refractivity contribution in [2.24, 2.45) is 0 Å². The second-order valence-electron chi connectivity index (χ2n) is 7.37. The third kappa shape index (κ3) is 3.40. The number of carbonyl (C=O) groups excluding carboxylic acids is 2. The lowest BCUT2D eigenvalue weighted by atomic mass is 10.0. The Morgan fingerprint density at radius 2 is 2.21 bits per heavy atom. The molecule has 2 aliphatic rings. The first-order valence-electron chi connectivity index (χ1n) is 9.81. The number of nitrogens with zero attached hydrogens (tertiary/aromatic N) is 3. The van der Waals surface area contributed by atoms with Gasteiger partial charge in [-0.25, -0.2) is 9.78 Å². The molecule has 7 nitrogen and oxygen atoms in total. The van der Waals surface area contributed by atoms with E-state index in [9.17, 15) is 14.7 Å². The lowest BCUT2D eigenvalue weighted by Gasteiger charge is -2.13. The van der Waals surface area contributed by atoms with Gasteiger partial charge in [-0.1, -0.05) is 24.0 Å². The summed E-state index contributed by atoms with van der Waals surface area (Å²) < 4.78 is 7.08. The predicted molar refractivity (Wildman–Crippen MR) is 106 cm³/mol. The fourth-order valence-corrected chi connectivity index (χ4v) is 3.86. The summed E-state index contributed by atoms with van der Waals surface area (Å²) in [6.07, 6.45) is 2.10. The molecule has 1 atom stereocenters. The minimum atomic E-state index is -1.63. The lowest BCUT2D eigenvalue weighted by Crippen LogP contribution is -2.37. The normalized spacial score (nSPS) is 20.4. The van der Waals surface area contributed by atoms with Crippen molar-refractivity contribution in [3.05, 3.63) is 41.3 Å². The molecular formula is C22H23N3O4. The number of fused-ring (bicyclic) bond motifs is 1. The zero-order valence-corrected chi connectivity index (χ0v) is 16.6. The van der Waals surface area contributed by atoms with Crippen molar-refractivity contribution >= 4 is 11.9 Å². The molecule has 0 spiro atoms. The number of amides is 1. The van der Waals surface area contributed by atoms with Crippen LogP contribution in [-0.2, 0) is 22.5 Å². The summed E-state index contributed by atoms with van der Waals surface area (Å²) in [5.74, 6) is 5.22. The molecule has 1 N–H and O–H groups in total. The van der Waals surface area contributed by atoms with Gasteiger partial charge < -0.3 is 19.3 Å². The average molecular weight is 393 g/mol. The molecular weight excluding hydrogens is 370 g/mol. The van der Waals surface area contributed by atoms with Gasteiger partial charge in [0.25, 0.3) is 5.91 Å². The standard InChI is InChI=1S/C22H23N3O4/c1-3-29-20(26)19-23-18(17-8-5-12-25(17)19)16-7-4-6-15(14-16)9-10-22(28)11-13-24(2)21(22)27/h4,6-7,14,28H,3,5,8,11-13H2,1-2H3/t22-/m0/s1. The minimum absolute atomic E-state index is 0.298. The highest BCUT2D eigenvalue weighted by atomic mass is 16.5. The number of ether oxygens (including phenoxy) is 1. The molecule has 3 heterocycles. The van der Waals surface area contributed by atoms with Crippen molar-refractivity contribution in [2.45, 2.75) is 38.3 Å². The van der Waals surface area contributed by atoms with Crippen LogP contribution in [0.3, 0.4) is 0 Å². The molecule has 7 heteroatoms. The number of hydrogen-bond acceptors (Lipinski definition) is 5. The molecule has 0 unspecified atom stereocenters. The topological polar surface area (TPSA) is 84.7 Å². The maximum absolute atomic E-state index is 12.3. The van der Waals surface area contributed by atoms with Gasteiger partial charge in [0, 0.05) is 43.4 Å². The van der Waals surface area contributed by atoms with E-state index in [0.717, 1.165) is 36.3 Å². The summed E-state index contributed by atoms with van der Waals surface area (Å²) in [5, 5.41) is 10.5. The highest BCUT2D eigenvalue weighted by Crippen LogP contribution is 2.30. The smallest absolute Gasteiger partial charge is 0.374 e. The molecule has 1 saturated heterocycles. The molecule has 2 aromatic rings. The molecule has 1 aromatic carbocycles. The van der Waals surface area contributed by atoms with Crippen LogP contribution in [0, 0.1) is 11.8 Å². The molecule has 150 valence electrons. The molecule has 2 aliphatic heterocycles. The maximum Gasteiger partial charge on any atom is 0.374 e. The van der Waals surface area contributed by atoms with Crippen molar-refractivity contribution in [1.29, 1.82) is 0 Å². The van der Waals surface area contributed by atoms with Gasteiger partial charge in [-0.3, -0.25) is 4.79 Å². The van der Waals surface area contributed by atoms with Crippen LogP contribution in [0.2, 0.25) is 0 Å².